The minimum atomic E-state index is 0.256. The molecule has 1 aromatic heterocycles. The predicted octanol–water partition coefficient (Wildman–Crippen LogP) is 1.98. The lowest BCUT2D eigenvalue weighted by atomic mass is 10.2. The molecule has 1 aliphatic rings. The monoisotopic (exact) mass is 236 g/mol. The number of ether oxygens (including phenoxy) is 1. The Labute approximate surface area is 102 Å². The first kappa shape index (κ1) is 12.1. The molecule has 0 radical (unpaired) electrons. The van der Waals surface area contributed by atoms with Crippen LogP contribution >= 0.6 is 0 Å². The molecule has 1 aliphatic carbocycles. The fraction of sp³-hybridized carbons (Fsp3) is 0.667. The van der Waals surface area contributed by atoms with Crippen molar-refractivity contribution >= 4 is 5.82 Å². The molecule has 17 heavy (non-hydrogen) atoms. The number of hydrogen-bond donors (Lipinski definition) is 2. The van der Waals surface area contributed by atoms with Gasteiger partial charge in [0.25, 0.3) is 0 Å². The van der Waals surface area contributed by atoms with E-state index in [1.165, 1.54) is 12.8 Å². The van der Waals surface area contributed by atoms with Gasteiger partial charge in [0.15, 0.2) is 0 Å². The maximum Gasteiger partial charge on any atom is 0.221 e. The Morgan fingerprint density at radius 3 is 2.65 bits per heavy atom. The summed E-state index contributed by atoms with van der Waals surface area (Å²) in [6.07, 6.45) is 2.53. The fourth-order valence-electron chi connectivity index (χ4n) is 1.53. The summed E-state index contributed by atoms with van der Waals surface area (Å²) in [6, 6.07) is 0. The highest BCUT2D eigenvalue weighted by Crippen LogP contribution is 2.31. The highest BCUT2D eigenvalue weighted by Gasteiger charge is 2.23. The standard InChI is InChI=1S/C12H20N4O/c1-7(2)10-14-11(16-13)8(3)12(15-10)17-6-9-4-5-9/h7,9H,4-6,13H2,1-3H3,(H,14,15,16). The van der Waals surface area contributed by atoms with Crippen LogP contribution in [0.4, 0.5) is 5.82 Å². The van der Waals surface area contributed by atoms with E-state index < -0.39 is 0 Å². The molecule has 5 nitrogen and oxygen atoms in total. The second kappa shape index (κ2) is 4.87. The molecule has 1 fully saturated rings. The summed E-state index contributed by atoms with van der Waals surface area (Å²) in [7, 11) is 0. The number of hydrazine groups is 1. The quantitative estimate of drug-likeness (QED) is 0.604. The molecule has 0 aliphatic heterocycles. The average molecular weight is 236 g/mol. The summed E-state index contributed by atoms with van der Waals surface area (Å²) in [4.78, 5) is 8.82. The van der Waals surface area contributed by atoms with Crippen molar-refractivity contribution in [2.45, 2.75) is 39.5 Å². The van der Waals surface area contributed by atoms with Crippen LogP contribution < -0.4 is 16.0 Å². The van der Waals surface area contributed by atoms with Gasteiger partial charge in [-0.15, -0.1) is 0 Å². The van der Waals surface area contributed by atoms with E-state index in [1.807, 2.05) is 6.92 Å². The first-order valence-corrected chi connectivity index (χ1v) is 6.09. The summed E-state index contributed by atoms with van der Waals surface area (Å²) >= 11 is 0. The van der Waals surface area contributed by atoms with Crippen molar-refractivity contribution < 1.29 is 4.74 Å². The van der Waals surface area contributed by atoms with Crippen molar-refractivity contribution in [2.75, 3.05) is 12.0 Å². The van der Waals surface area contributed by atoms with E-state index in [0.29, 0.717) is 17.6 Å². The van der Waals surface area contributed by atoms with Crippen LogP contribution in [0.15, 0.2) is 0 Å². The fourth-order valence-corrected chi connectivity index (χ4v) is 1.53. The van der Waals surface area contributed by atoms with Gasteiger partial charge in [-0.25, -0.2) is 10.8 Å². The highest BCUT2D eigenvalue weighted by molar-refractivity contribution is 5.47. The second-order valence-electron chi connectivity index (χ2n) is 4.91. The number of nitrogens with one attached hydrogen (secondary N) is 1. The molecule has 5 heteroatoms. The number of anilines is 1. The highest BCUT2D eigenvalue weighted by atomic mass is 16.5. The van der Waals surface area contributed by atoms with E-state index in [4.69, 9.17) is 10.6 Å². The number of rotatable bonds is 5. The van der Waals surface area contributed by atoms with Crippen LogP contribution in [0, 0.1) is 12.8 Å². The maximum atomic E-state index is 5.75. The molecule has 0 bridgehead atoms. The van der Waals surface area contributed by atoms with Crippen LogP contribution in [0.2, 0.25) is 0 Å². The Balaban J connectivity index is 2.23. The third-order valence-corrected chi connectivity index (χ3v) is 2.92. The van der Waals surface area contributed by atoms with E-state index in [1.54, 1.807) is 0 Å². The van der Waals surface area contributed by atoms with E-state index in [2.05, 4.69) is 29.2 Å². The van der Waals surface area contributed by atoms with Crippen molar-refractivity contribution in [3.8, 4) is 5.88 Å². The molecule has 0 aromatic carbocycles. The van der Waals surface area contributed by atoms with Gasteiger partial charge in [0.05, 0.1) is 12.2 Å². The number of nitrogens with two attached hydrogens (primary N) is 1. The lowest BCUT2D eigenvalue weighted by Gasteiger charge is -2.14. The maximum absolute atomic E-state index is 5.75. The predicted molar refractivity (Wildman–Crippen MR) is 66.9 cm³/mol. The summed E-state index contributed by atoms with van der Waals surface area (Å²) in [5.41, 5.74) is 3.48. The number of nitrogen functional groups attached to an aromatic ring is 1. The van der Waals surface area contributed by atoms with Gasteiger partial charge in [-0.1, -0.05) is 13.8 Å². The van der Waals surface area contributed by atoms with Gasteiger partial charge < -0.3 is 10.2 Å². The summed E-state index contributed by atoms with van der Waals surface area (Å²) < 4.78 is 5.75. The van der Waals surface area contributed by atoms with Crippen molar-refractivity contribution in [1.82, 2.24) is 9.97 Å². The Hall–Kier alpha value is -1.36. The zero-order valence-electron chi connectivity index (χ0n) is 10.7. The van der Waals surface area contributed by atoms with Crippen LogP contribution in [0.5, 0.6) is 5.88 Å². The topological polar surface area (TPSA) is 73.1 Å². The molecule has 3 N–H and O–H groups in total. The molecule has 0 atom stereocenters. The van der Waals surface area contributed by atoms with Gasteiger partial charge in [-0.3, -0.25) is 0 Å². The summed E-state index contributed by atoms with van der Waals surface area (Å²) in [6.45, 7) is 6.77. The van der Waals surface area contributed by atoms with Crippen LogP contribution in [0.1, 0.15) is 44.0 Å². The van der Waals surface area contributed by atoms with Crippen LogP contribution in [-0.2, 0) is 0 Å². The largest absolute Gasteiger partial charge is 0.477 e. The molecular formula is C12H20N4O. The van der Waals surface area contributed by atoms with Gasteiger partial charge in [0, 0.05) is 5.92 Å². The normalized spacial score (nSPS) is 15.1. The first-order valence-electron chi connectivity index (χ1n) is 6.09. The van der Waals surface area contributed by atoms with Crippen LogP contribution in [0.25, 0.3) is 0 Å². The van der Waals surface area contributed by atoms with Crippen molar-refractivity contribution in [2.24, 2.45) is 11.8 Å². The molecule has 0 spiro atoms. The van der Waals surface area contributed by atoms with E-state index in [-0.39, 0.29) is 5.92 Å². The van der Waals surface area contributed by atoms with Gasteiger partial charge in [0.1, 0.15) is 11.6 Å². The molecule has 2 rings (SSSR count). The zero-order valence-corrected chi connectivity index (χ0v) is 10.7. The van der Waals surface area contributed by atoms with Crippen molar-refractivity contribution in [3.05, 3.63) is 11.4 Å². The summed E-state index contributed by atoms with van der Waals surface area (Å²) in [5.74, 6) is 8.49. The first-order chi connectivity index (χ1) is 8.11. The Morgan fingerprint density at radius 2 is 2.12 bits per heavy atom. The average Bonchev–Trinajstić information content (AvgIpc) is 3.11. The van der Waals surface area contributed by atoms with Gasteiger partial charge >= 0.3 is 0 Å². The number of aromatic nitrogens is 2. The molecule has 1 saturated carbocycles. The van der Waals surface area contributed by atoms with Gasteiger partial charge in [-0.05, 0) is 25.7 Å². The molecule has 0 amide bonds. The molecular weight excluding hydrogens is 216 g/mol. The van der Waals surface area contributed by atoms with E-state index in [9.17, 15) is 0 Å². The molecule has 1 aromatic rings. The van der Waals surface area contributed by atoms with E-state index in [0.717, 1.165) is 18.0 Å². The lowest BCUT2D eigenvalue weighted by Crippen LogP contribution is -2.15. The van der Waals surface area contributed by atoms with Gasteiger partial charge in [0.2, 0.25) is 5.88 Å². The minimum absolute atomic E-state index is 0.256. The SMILES string of the molecule is Cc1c(NN)nc(C(C)C)nc1OCC1CC1. The third-order valence-electron chi connectivity index (χ3n) is 2.92. The Bertz CT molecular complexity index is 402. The minimum Gasteiger partial charge on any atom is -0.477 e. The van der Waals surface area contributed by atoms with Gasteiger partial charge in [-0.2, -0.15) is 4.98 Å². The van der Waals surface area contributed by atoms with Crippen LogP contribution in [-0.4, -0.2) is 16.6 Å². The summed E-state index contributed by atoms with van der Waals surface area (Å²) in [5, 5.41) is 0. The Kier molecular flexibility index (Phi) is 3.47. The second-order valence-corrected chi connectivity index (χ2v) is 4.91. The van der Waals surface area contributed by atoms with E-state index >= 15 is 0 Å². The molecule has 0 unspecified atom stereocenters. The lowest BCUT2D eigenvalue weighted by molar-refractivity contribution is 0.284. The van der Waals surface area contributed by atoms with Crippen LogP contribution in [0.3, 0.4) is 0 Å². The molecule has 1 heterocycles. The molecule has 0 saturated heterocycles. The zero-order chi connectivity index (χ0) is 12.4. The third kappa shape index (κ3) is 2.85. The smallest absolute Gasteiger partial charge is 0.221 e. The number of nitrogens with zero attached hydrogens (tertiary/aromatic N) is 2. The van der Waals surface area contributed by atoms with Crippen molar-refractivity contribution in [1.29, 1.82) is 0 Å². The Morgan fingerprint density at radius 1 is 1.41 bits per heavy atom. The van der Waals surface area contributed by atoms with Crippen molar-refractivity contribution in [3.63, 3.8) is 0 Å². The molecule has 94 valence electrons. The number of hydrogen-bond acceptors (Lipinski definition) is 5.